The highest BCUT2D eigenvalue weighted by atomic mass is 19.4. The van der Waals surface area contributed by atoms with Gasteiger partial charge in [-0.3, -0.25) is 0 Å². The van der Waals surface area contributed by atoms with Gasteiger partial charge in [-0.1, -0.05) is 12.1 Å². The third-order valence-electron chi connectivity index (χ3n) is 3.05. The Morgan fingerprint density at radius 2 is 1.88 bits per heavy atom. The van der Waals surface area contributed by atoms with E-state index in [1.54, 1.807) is 0 Å². The lowest BCUT2D eigenvalue weighted by molar-refractivity contribution is -0.137. The summed E-state index contributed by atoms with van der Waals surface area (Å²) in [5.74, 6) is 0. The van der Waals surface area contributed by atoms with Crippen molar-refractivity contribution in [1.82, 2.24) is 5.32 Å². The largest absolute Gasteiger partial charge is 0.416 e. The van der Waals surface area contributed by atoms with Crippen LogP contribution in [0.4, 0.5) is 13.2 Å². The van der Waals surface area contributed by atoms with Crippen molar-refractivity contribution in [3.63, 3.8) is 0 Å². The van der Waals surface area contributed by atoms with Crippen molar-refractivity contribution < 1.29 is 18.3 Å². The first-order chi connectivity index (χ1) is 7.97. The fourth-order valence-electron chi connectivity index (χ4n) is 1.85. The summed E-state index contributed by atoms with van der Waals surface area (Å²) in [6.45, 7) is 0.898. The van der Waals surface area contributed by atoms with Crippen molar-refractivity contribution in [3.8, 4) is 0 Å². The van der Waals surface area contributed by atoms with Gasteiger partial charge in [0.15, 0.2) is 0 Å². The molecule has 17 heavy (non-hydrogen) atoms. The number of rotatable bonds is 3. The Morgan fingerprint density at radius 3 is 2.29 bits per heavy atom. The summed E-state index contributed by atoms with van der Waals surface area (Å²) in [6.07, 6.45) is -3.52. The van der Waals surface area contributed by atoms with Gasteiger partial charge in [-0.05, 0) is 37.1 Å². The molecule has 94 valence electrons. The van der Waals surface area contributed by atoms with Crippen molar-refractivity contribution in [3.05, 3.63) is 35.4 Å². The summed E-state index contributed by atoms with van der Waals surface area (Å²) in [7, 11) is 0. The number of nitrogens with one attached hydrogen (secondary N) is 1. The minimum absolute atomic E-state index is 0.0808. The number of benzene rings is 1. The first-order valence-electron chi connectivity index (χ1n) is 5.54. The molecule has 1 aromatic carbocycles. The van der Waals surface area contributed by atoms with Crippen LogP contribution in [-0.4, -0.2) is 23.8 Å². The van der Waals surface area contributed by atoms with Crippen LogP contribution in [0.1, 0.15) is 17.5 Å². The number of aliphatic hydroxyl groups is 1. The molecule has 1 heterocycles. The van der Waals surface area contributed by atoms with Crippen molar-refractivity contribution in [2.75, 3.05) is 6.54 Å². The summed E-state index contributed by atoms with van der Waals surface area (Å²) in [5.41, 5.74) is 0.0664. The molecule has 2 nitrogen and oxygen atoms in total. The van der Waals surface area contributed by atoms with E-state index in [9.17, 15) is 18.3 Å². The third kappa shape index (κ3) is 2.98. The molecule has 5 heteroatoms. The monoisotopic (exact) mass is 245 g/mol. The molecule has 1 fully saturated rings. The number of halogens is 3. The minimum Gasteiger partial charge on any atom is -0.391 e. The molecule has 0 amide bonds. The van der Waals surface area contributed by atoms with Crippen LogP contribution in [0.15, 0.2) is 24.3 Å². The summed E-state index contributed by atoms with van der Waals surface area (Å²) in [6, 6.07) is 5.03. The van der Waals surface area contributed by atoms with Crippen molar-refractivity contribution in [1.29, 1.82) is 0 Å². The molecule has 0 radical (unpaired) electrons. The highest BCUT2D eigenvalue weighted by Gasteiger charge is 2.30. The Balaban J connectivity index is 1.98. The molecule has 2 unspecified atom stereocenters. The number of hydrogen-bond acceptors (Lipinski definition) is 2. The molecule has 2 atom stereocenters. The quantitative estimate of drug-likeness (QED) is 0.853. The van der Waals surface area contributed by atoms with Gasteiger partial charge in [0.2, 0.25) is 0 Å². The molecule has 1 saturated heterocycles. The van der Waals surface area contributed by atoms with Gasteiger partial charge in [-0.25, -0.2) is 0 Å². The van der Waals surface area contributed by atoms with Crippen LogP contribution < -0.4 is 5.32 Å². The molecule has 0 aliphatic carbocycles. The first kappa shape index (κ1) is 12.4. The second-order valence-electron chi connectivity index (χ2n) is 4.32. The lowest BCUT2D eigenvalue weighted by Crippen LogP contribution is -2.51. The Kier molecular flexibility index (Phi) is 3.40. The molecule has 2 N–H and O–H groups in total. The summed E-state index contributed by atoms with van der Waals surface area (Å²) in [5, 5.41) is 12.8. The smallest absolute Gasteiger partial charge is 0.391 e. The predicted octanol–water partition coefficient (Wildman–Crippen LogP) is 1.97. The minimum atomic E-state index is -4.30. The van der Waals surface area contributed by atoms with E-state index in [4.69, 9.17) is 0 Å². The van der Waals surface area contributed by atoms with Crippen molar-refractivity contribution >= 4 is 0 Å². The van der Waals surface area contributed by atoms with E-state index in [0.717, 1.165) is 30.7 Å². The Hall–Kier alpha value is -1.07. The average molecular weight is 245 g/mol. The standard InChI is InChI=1S/C12H14F3NO/c13-12(14,15)9-3-1-8(2-4-9)7-11(17)10-5-6-16-10/h1-4,10-11,16-17H,5-7H2. The fraction of sp³-hybridized carbons (Fsp3) is 0.500. The van der Waals surface area contributed by atoms with E-state index in [-0.39, 0.29) is 6.04 Å². The summed E-state index contributed by atoms with van der Waals surface area (Å²) in [4.78, 5) is 0. The zero-order valence-corrected chi connectivity index (χ0v) is 9.17. The second-order valence-corrected chi connectivity index (χ2v) is 4.32. The van der Waals surface area contributed by atoms with Crippen LogP contribution >= 0.6 is 0 Å². The molecule has 2 rings (SSSR count). The van der Waals surface area contributed by atoms with Crippen LogP contribution in [0.25, 0.3) is 0 Å². The molecule has 1 aromatic rings. The molecule has 0 saturated carbocycles. The SMILES string of the molecule is OC(Cc1ccc(C(F)(F)F)cc1)C1CCN1. The second kappa shape index (κ2) is 4.66. The zero-order chi connectivity index (χ0) is 12.5. The van der Waals surface area contributed by atoms with Gasteiger partial charge < -0.3 is 10.4 Å². The maximum absolute atomic E-state index is 12.3. The molecular formula is C12H14F3NO. The van der Waals surface area contributed by atoms with E-state index in [0.29, 0.717) is 6.42 Å². The highest BCUT2D eigenvalue weighted by Crippen LogP contribution is 2.29. The van der Waals surface area contributed by atoms with Crippen molar-refractivity contribution in [2.45, 2.75) is 31.2 Å². The van der Waals surface area contributed by atoms with Crippen LogP contribution in [0.3, 0.4) is 0 Å². The number of hydrogen-bond donors (Lipinski definition) is 2. The van der Waals surface area contributed by atoms with Gasteiger partial charge in [0.25, 0.3) is 0 Å². The Morgan fingerprint density at radius 1 is 1.29 bits per heavy atom. The Bertz CT molecular complexity index is 370. The van der Waals surface area contributed by atoms with E-state index in [1.807, 2.05) is 0 Å². The van der Waals surface area contributed by atoms with Crippen LogP contribution in [0.2, 0.25) is 0 Å². The molecular weight excluding hydrogens is 231 g/mol. The lowest BCUT2D eigenvalue weighted by Gasteiger charge is -2.32. The summed E-state index contributed by atoms with van der Waals surface area (Å²) < 4.78 is 36.9. The van der Waals surface area contributed by atoms with E-state index >= 15 is 0 Å². The number of aliphatic hydroxyl groups excluding tert-OH is 1. The van der Waals surface area contributed by atoms with E-state index in [2.05, 4.69) is 5.32 Å². The Labute approximate surface area is 97.5 Å². The van der Waals surface area contributed by atoms with E-state index in [1.165, 1.54) is 12.1 Å². The van der Waals surface area contributed by atoms with Gasteiger partial charge >= 0.3 is 6.18 Å². The lowest BCUT2D eigenvalue weighted by atomic mass is 9.95. The average Bonchev–Trinajstić information content (AvgIpc) is 2.13. The van der Waals surface area contributed by atoms with E-state index < -0.39 is 17.8 Å². The molecule has 1 aliphatic heterocycles. The van der Waals surface area contributed by atoms with Crippen molar-refractivity contribution in [2.24, 2.45) is 0 Å². The third-order valence-corrected chi connectivity index (χ3v) is 3.05. The normalized spacial score (nSPS) is 22.0. The first-order valence-corrected chi connectivity index (χ1v) is 5.54. The van der Waals surface area contributed by atoms with Gasteiger partial charge in [0.05, 0.1) is 11.7 Å². The molecule has 0 aromatic heterocycles. The van der Waals surface area contributed by atoms with Gasteiger partial charge in [0, 0.05) is 6.04 Å². The van der Waals surface area contributed by atoms with Crippen LogP contribution in [0, 0.1) is 0 Å². The van der Waals surface area contributed by atoms with Crippen LogP contribution in [0.5, 0.6) is 0 Å². The summed E-state index contributed by atoms with van der Waals surface area (Å²) >= 11 is 0. The molecule has 1 aliphatic rings. The van der Waals surface area contributed by atoms with Gasteiger partial charge in [-0.15, -0.1) is 0 Å². The van der Waals surface area contributed by atoms with Gasteiger partial charge in [0.1, 0.15) is 0 Å². The fourth-order valence-corrected chi connectivity index (χ4v) is 1.85. The predicted molar refractivity (Wildman–Crippen MR) is 57.6 cm³/mol. The topological polar surface area (TPSA) is 32.3 Å². The zero-order valence-electron chi connectivity index (χ0n) is 9.17. The highest BCUT2D eigenvalue weighted by molar-refractivity contribution is 5.25. The van der Waals surface area contributed by atoms with Crippen LogP contribution in [-0.2, 0) is 12.6 Å². The molecule has 0 spiro atoms. The molecule has 0 bridgehead atoms. The maximum atomic E-state index is 12.3. The van der Waals surface area contributed by atoms with Gasteiger partial charge in [-0.2, -0.15) is 13.2 Å². The maximum Gasteiger partial charge on any atom is 0.416 e. The number of alkyl halides is 3.